The third-order valence-electron chi connectivity index (χ3n) is 2.40. The van der Waals surface area contributed by atoms with E-state index < -0.39 is 0 Å². The summed E-state index contributed by atoms with van der Waals surface area (Å²) >= 11 is 7.48. The summed E-state index contributed by atoms with van der Waals surface area (Å²) in [5.74, 6) is 0.733. The molecule has 0 unspecified atom stereocenters. The van der Waals surface area contributed by atoms with Gasteiger partial charge in [0.25, 0.3) is 0 Å². The van der Waals surface area contributed by atoms with E-state index >= 15 is 0 Å². The second-order valence-corrected chi connectivity index (χ2v) is 5.20. The molecule has 0 spiro atoms. The zero-order chi connectivity index (χ0) is 13.1. The highest BCUT2D eigenvalue weighted by molar-refractivity contribution is 7.99. The number of hydrogen-bond donors (Lipinski definition) is 1. The van der Waals surface area contributed by atoms with Crippen molar-refractivity contribution < 1.29 is 4.39 Å². The summed E-state index contributed by atoms with van der Waals surface area (Å²) in [6.07, 6.45) is 0. The number of rotatable bonds is 4. The van der Waals surface area contributed by atoms with E-state index in [1.165, 1.54) is 17.8 Å². The molecule has 2 rings (SSSR count). The lowest BCUT2D eigenvalue weighted by atomic mass is 10.2. The van der Waals surface area contributed by atoms with Crippen LogP contribution < -0.4 is 5.73 Å². The van der Waals surface area contributed by atoms with Crippen LogP contribution in [0.3, 0.4) is 0 Å². The topological polar surface area (TPSA) is 56.7 Å². The second kappa shape index (κ2) is 5.58. The van der Waals surface area contributed by atoms with Gasteiger partial charge in [0.1, 0.15) is 5.82 Å². The maximum atomic E-state index is 13.7. The number of nitrogens with two attached hydrogens (primary N) is 1. The fourth-order valence-electron chi connectivity index (χ4n) is 1.53. The molecule has 0 aliphatic heterocycles. The molecule has 0 radical (unpaired) electrons. The van der Waals surface area contributed by atoms with E-state index in [0.717, 1.165) is 5.75 Å². The first-order valence-electron chi connectivity index (χ1n) is 5.37. The van der Waals surface area contributed by atoms with E-state index in [4.69, 9.17) is 17.3 Å². The van der Waals surface area contributed by atoms with Gasteiger partial charge in [-0.3, -0.25) is 4.57 Å². The lowest BCUT2D eigenvalue weighted by Gasteiger charge is -2.09. The molecule has 0 aliphatic rings. The molecular formula is C11H12ClFN4S. The van der Waals surface area contributed by atoms with Crippen LogP contribution in [0.1, 0.15) is 12.5 Å². The number of nitrogen functional groups attached to an aromatic ring is 1. The lowest BCUT2D eigenvalue weighted by Crippen LogP contribution is -2.08. The summed E-state index contributed by atoms with van der Waals surface area (Å²) in [4.78, 5) is 0. The Morgan fingerprint density at radius 3 is 2.89 bits per heavy atom. The van der Waals surface area contributed by atoms with Gasteiger partial charge in [-0.15, -0.1) is 10.2 Å². The number of halogens is 2. The van der Waals surface area contributed by atoms with Crippen molar-refractivity contribution in [1.29, 1.82) is 0 Å². The molecule has 0 saturated heterocycles. The van der Waals surface area contributed by atoms with Gasteiger partial charge in [0.2, 0.25) is 5.95 Å². The number of nitrogens with zero attached hydrogens (tertiary/aromatic N) is 3. The van der Waals surface area contributed by atoms with E-state index in [-0.39, 0.29) is 18.3 Å². The Hall–Kier alpha value is -1.27. The number of hydrogen-bond acceptors (Lipinski definition) is 4. The number of benzene rings is 1. The Bertz CT molecular complexity index is 538. The maximum Gasteiger partial charge on any atom is 0.223 e. The minimum atomic E-state index is -0.358. The largest absolute Gasteiger partial charge is 0.368 e. The van der Waals surface area contributed by atoms with Gasteiger partial charge < -0.3 is 5.73 Å². The third kappa shape index (κ3) is 2.59. The SMILES string of the molecule is CCSc1nnc(N)n1Cc1c(F)cccc1Cl. The molecule has 0 bridgehead atoms. The van der Waals surface area contributed by atoms with Crippen LogP contribution in [0.15, 0.2) is 23.4 Å². The molecule has 0 saturated carbocycles. The Balaban J connectivity index is 2.36. The van der Waals surface area contributed by atoms with Crippen LogP contribution in [0.2, 0.25) is 5.02 Å². The van der Waals surface area contributed by atoms with E-state index in [1.807, 2.05) is 6.92 Å². The quantitative estimate of drug-likeness (QED) is 0.878. The Morgan fingerprint density at radius 2 is 2.22 bits per heavy atom. The van der Waals surface area contributed by atoms with Gasteiger partial charge >= 0.3 is 0 Å². The lowest BCUT2D eigenvalue weighted by molar-refractivity contribution is 0.592. The van der Waals surface area contributed by atoms with Crippen LogP contribution in [0.25, 0.3) is 0 Å². The van der Waals surface area contributed by atoms with Crippen LogP contribution in [0.4, 0.5) is 10.3 Å². The predicted octanol–water partition coefficient (Wildman–Crippen LogP) is 2.81. The molecule has 2 N–H and O–H groups in total. The number of aromatic nitrogens is 3. The molecular weight excluding hydrogens is 275 g/mol. The average molecular weight is 287 g/mol. The van der Waals surface area contributed by atoms with Crippen molar-refractivity contribution in [3.8, 4) is 0 Å². The van der Waals surface area contributed by atoms with E-state index in [1.54, 1.807) is 16.7 Å². The van der Waals surface area contributed by atoms with Crippen molar-refractivity contribution in [2.45, 2.75) is 18.6 Å². The molecule has 7 heteroatoms. The molecule has 0 aliphatic carbocycles. The molecule has 1 aromatic carbocycles. The fourth-order valence-corrected chi connectivity index (χ4v) is 2.42. The minimum absolute atomic E-state index is 0.229. The molecule has 18 heavy (non-hydrogen) atoms. The van der Waals surface area contributed by atoms with Crippen LogP contribution in [-0.4, -0.2) is 20.5 Å². The first-order valence-corrected chi connectivity index (χ1v) is 6.74. The average Bonchev–Trinajstić information content (AvgIpc) is 2.66. The van der Waals surface area contributed by atoms with Gasteiger partial charge in [0.05, 0.1) is 6.54 Å². The normalized spacial score (nSPS) is 10.8. The predicted molar refractivity (Wildman–Crippen MR) is 71.3 cm³/mol. The summed E-state index contributed by atoms with van der Waals surface area (Å²) in [6, 6.07) is 4.58. The van der Waals surface area contributed by atoms with Crippen LogP contribution in [0, 0.1) is 5.82 Å². The highest BCUT2D eigenvalue weighted by atomic mass is 35.5. The Kier molecular flexibility index (Phi) is 4.08. The van der Waals surface area contributed by atoms with Crippen molar-refractivity contribution >= 4 is 29.3 Å². The van der Waals surface area contributed by atoms with Crippen molar-refractivity contribution in [3.63, 3.8) is 0 Å². The van der Waals surface area contributed by atoms with Crippen molar-refractivity contribution in [2.75, 3.05) is 11.5 Å². The smallest absolute Gasteiger partial charge is 0.223 e. The van der Waals surface area contributed by atoms with Crippen LogP contribution in [-0.2, 0) is 6.54 Å². The zero-order valence-electron chi connectivity index (χ0n) is 9.73. The first-order chi connectivity index (χ1) is 8.63. The fraction of sp³-hybridized carbons (Fsp3) is 0.273. The molecule has 1 aromatic heterocycles. The molecule has 2 aromatic rings. The zero-order valence-corrected chi connectivity index (χ0v) is 11.3. The standard InChI is InChI=1S/C11H12ClFN4S/c1-2-18-11-16-15-10(14)17(11)6-7-8(12)4-3-5-9(7)13/h3-5H,2,6H2,1H3,(H2,14,15). The molecule has 4 nitrogen and oxygen atoms in total. The van der Waals surface area contributed by atoms with Gasteiger partial charge in [-0.2, -0.15) is 0 Å². The van der Waals surface area contributed by atoms with Gasteiger partial charge in [-0.1, -0.05) is 36.4 Å². The highest BCUT2D eigenvalue weighted by Gasteiger charge is 2.14. The summed E-state index contributed by atoms with van der Waals surface area (Å²) < 4.78 is 15.4. The van der Waals surface area contributed by atoms with Crippen molar-refractivity contribution in [3.05, 3.63) is 34.6 Å². The van der Waals surface area contributed by atoms with Crippen LogP contribution in [0.5, 0.6) is 0 Å². The van der Waals surface area contributed by atoms with Crippen molar-refractivity contribution in [2.24, 2.45) is 0 Å². The highest BCUT2D eigenvalue weighted by Crippen LogP contribution is 2.24. The minimum Gasteiger partial charge on any atom is -0.368 e. The number of anilines is 1. The molecule has 0 fully saturated rings. The van der Waals surface area contributed by atoms with Gasteiger partial charge in [0.15, 0.2) is 5.16 Å². The summed E-state index contributed by atoms with van der Waals surface area (Å²) in [7, 11) is 0. The molecule has 0 amide bonds. The molecule has 0 atom stereocenters. The van der Waals surface area contributed by atoms with E-state index in [2.05, 4.69) is 10.2 Å². The molecule has 1 heterocycles. The summed E-state index contributed by atoms with van der Waals surface area (Å²) in [5.41, 5.74) is 6.12. The Morgan fingerprint density at radius 1 is 1.44 bits per heavy atom. The van der Waals surface area contributed by atoms with E-state index in [9.17, 15) is 4.39 Å². The summed E-state index contributed by atoms with van der Waals surface area (Å²) in [6.45, 7) is 2.22. The third-order valence-corrected chi connectivity index (χ3v) is 3.60. The number of thioether (sulfide) groups is 1. The molecule has 96 valence electrons. The van der Waals surface area contributed by atoms with Gasteiger partial charge in [-0.05, 0) is 17.9 Å². The summed E-state index contributed by atoms with van der Waals surface area (Å²) in [5, 5.41) is 8.77. The van der Waals surface area contributed by atoms with Crippen molar-refractivity contribution in [1.82, 2.24) is 14.8 Å². The van der Waals surface area contributed by atoms with E-state index in [0.29, 0.717) is 15.7 Å². The van der Waals surface area contributed by atoms with Gasteiger partial charge in [-0.25, -0.2) is 4.39 Å². The first kappa shape index (κ1) is 13.2. The van der Waals surface area contributed by atoms with Gasteiger partial charge in [0, 0.05) is 10.6 Å². The van der Waals surface area contributed by atoms with Crippen LogP contribution >= 0.6 is 23.4 Å². The Labute approximate surface area is 113 Å². The maximum absolute atomic E-state index is 13.7. The second-order valence-electron chi connectivity index (χ2n) is 3.56. The monoisotopic (exact) mass is 286 g/mol.